The Morgan fingerprint density at radius 1 is 0.774 bits per heavy atom. The van der Waals surface area contributed by atoms with Gasteiger partial charge in [-0.3, -0.25) is 0 Å². The number of aliphatic hydroxyl groups is 1. The maximum atomic E-state index is 12.3. The summed E-state index contributed by atoms with van der Waals surface area (Å²) >= 11 is 6.53. The van der Waals surface area contributed by atoms with Gasteiger partial charge >= 0.3 is 0 Å². The van der Waals surface area contributed by atoms with Crippen molar-refractivity contribution in [1.82, 2.24) is 0 Å². The van der Waals surface area contributed by atoms with Gasteiger partial charge in [0.15, 0.2) is 0 Å². The third-order valence-corrected chi connectivity index (χ3v) is 8.73. The van der Waals surface area contributed by atoms with E-state index in [-0.39, 0.29) is 0 Å². The lowest BCUT2D eigenvalue weighted by molar-refractivity contribution is -0.179. The van der Waals surface area contributed by atoms with Gasteiger partial charge in [-0.15, -0.1) is 0 Å². The van der Waals surface area contributed by atoms with Gasteiger partial charge in [-0.25, -0.2) is 0 Å². The van der Waals surface area contributed by atoms with Crippen LogP contribution < -0.4 is 0 Å². The van der Waals surface area contributed by atoms with Gasteiger partial charge in [0.2, 0.25) is 0 Å². The van der Waals surface area contributed by atoms with Crippen LogP contribution in [0, 0.1) is 23.7 Å². The van der Waals surface area contributed by atoms with Crippen molar-refractivity contribution in [3.05, 3.63) is 71.2 Å². The zero-order chi connectivity index (χ0) is 20.7. The molecule has 1 heterocycles. The van der Waals surface area contributed by atoms with Crippen LogP contribution in [0.25, 0.3) is 33.1 Å². The molecule has 0 unspecified atom stereocenters. The summed E-state index contributed by atoms with van der Waals surface area (Å²) in [6.45, 7) is 0. The lowest BCUT2D eigenvalue weighted by Gasteiger charge is -2.59. The van der Waals surface area contributed by atoms with Gasteiger partial charge in [0.25, 0.3) is 0 Å². The molecule has 0 amide bonds. The summed E-state index contributed by atoms with van der Waals surface area (Å²) in [4.78, 5) is 0. The first-order chi connectivity index (χ1) is 15.1. The maximum Gasteiger partial charge on any atom is 0.143 e. The second-order valence-electron chi connectivity index (χ2n) is 10.1. The Balaban J connectivity index is 1.48. The molecule has 3 heteroatoms. The largest absolute Gasteiger partial charge is 0.455 e. The van der Waals surface area contributed by atoms with Gasteiger partial charge in [0, 0.05) is 21.4 Å². The minimum atomic E-state index is -0.804. The Morgan fingerprint density at radius 2 is 1.48 bits per heavy atom. The van der Waals surface area contributed by atoms with E-state index < -0.39 is 5.60 Å². The lowest BCUT2D eigenvalue weighted by atomic mass is 9.48. The molecule has 2 nitrogen and oxygen atoms in total. The first kappa shape index (κ1) is 18.3. The molecule has 0 atom stereocenters. The number of hydrogen-bond acceptors (Lipinski definition) is 2. The summed E-state index contributed by atoms with van der Waals surface area (Å²) in [6.07, 6.45) is 5.94. The molecule has 0 radical (unpaired) electrons. The molecule has 4 bridgehead atoms. The molecule has 0 spiro atoms. The van der Waals surface area contributed by atoms with Gasteiger partial charge < -0.3 is 9.52 Å². The number of fused-ring (bicyclic) bond motifs is 3. The number of hydrogen-bond donors (Lipinski definition) is 1. The summed E-state index contributed by atoms with van der Waals surface area (Å²) in [5.74, 6) is 2.25. The Kier molecular flexibility index (Phi) is 3.76. The van der Waals surface area contributed by atoms with Gasteiger partial charge in [-0.05, 0) is 85.1 Å². The predicted octanol–water partition coefficient (Wildman–Crippen LogP) is 7.55. The molecule has 156 valence electrons. The molecule has 31 heavy (non-hydrogen) atoms. The van der Waals surface area contributed by atoms with Crippen LogP contribution in [0.5, 0.6) is 0 Å². The van der Waals surface area contributed by atoms with Crippen LogP contribution in [-0.2, 0) is 5.60 Å². The molecular weight excluding hydrogens is 404 g/mol. The van der Waals surface area contributed by atoms with E-state index in [9.17, 15) is 5.11 Å². The van der Waals surface area contributed by atoms with Gasteiger partial charge in [-0.2, -0.15) is 0 Å². The molecule has 4 saturated carbocycles. The smallest absolute Gasteiger partial charge is 0.143 e. The highest BCUT2D eigenvalue weighted by Crippen LogP contribution is 2.63. The van der Waals surface area contributed by atoms with Crippen LogP contribution in [0.4, 0.5) is 0 Å². The summed E-state index contributed by atoms with van der Waals surface area (Å²) in [7, 11) is 0. The molecule has 4 aliphatic rings. The summed E-state index contributed by atoms with van der Waals surface area (Å²) < 4.78 is 6.35. The van der Waals surface area contributed by atoms with Crippen molar-refractivity contribution < 1.29 is 9.52 Å². The highest BCUT2D eigenvalue weighted by atomic mass is 35.5. The zero-order valence-corrected chi connectivity index (χ0v) is 18.1. The molecule has 3 aromatic carbocycles. The molecule has 0 aliphatic heterocycles. The second-order valence-corrected chi connectivity index (χ2v) is 10.5. The Morgan fingerprint density at radius 3 is 2.26 bits per heavy atom. The standard InChI is InChI=1S/C28H25ClO2/c29-20-8-9-21(23-5-3-6-24-22-4-1-2-7-26(22)31-27(23)24)25(15-20)28(30)18-11-16-10-17(13-18)14-19(28)12-16/h1-9,15-19,30H,10-14H2. The fourth-order valence-electron chi connectivity index (χ4n) is 7.38. The molecule has 8 rings (SSSR count). The average molecular weight is 429 g/mol. The van der Waals surface area contributed by atoms with Crippen molar-refractivity contribution in [1.29, 1.82) is 0 Å². The number of halogens is 1. The van der Waals surface area contributed by atoms with Crippen molar-refractivity contribution in [2.75, 3.05) is 0 Å². The molecule has 4 aromatic rings. The summed E-state index contributed by atoms with van der Waals surface area (Å²) in [5.41, 5.74) is 4.09. The van der Waals surface area contributed by atoms with Gasteiger partial charge in [0.05, 0.1) is 5.60 Å². The number of benzene rings is 3. The average Bonchev–Trinajstić information content (AvgIpc) is 3.16. The molecule has 1 N–H and O–H groups in total. The Bertz CT molecular complexity index is 1310. The monoisotopic (exact) mass is 428 g/mol. The number of furan rings is 1. The number of rotatable bonds is 2. The first-order valence-electron chi connectivity index (χ1n) is 11.5. The normalized spacial score (nSPS) is 31.7. The van der Waals surface area contributed by atoms with E-state index in [0.29, 0.717) is 16.9 Å². The predicted molar refractivity (Wildman–Crippen MR) is 125 cm³/mol. The van der Waals surface area contributed by atoms with E-state index in [0.717, 1.165) is 76.1 Å². The highest BCUT2D eigenvalue weighted by Gasteiger charge is 2.57. The van der Waals surface area contributed by atoms with Crippen molar-refractivity contribution in [2.45, 2.75) is 37.7 Å². The van der Waals surface area contributed by atoms with Crippen molar-refractivity contribution >= 4 is 33.5 Å². The minimum Gasteiger partial charge on any atom is -0.455 e. The van der Waals surface area contributed by atoms with E-state index >= 15 is 0 Å². The Hall–Kier alpha value is -2.29. The van der Waals surface area contributed by atoms with Gasteiger partial charge in [-0.1, -0.05) is 54.1 Å². The van der Waals surface area contributed by atoms with Crippen LogP contribution in [0.3, 0.4) is 0 Å². The van der Waals surface area contributed by atoms with Crippen LogP contribution >= 0.6 is 11.6 Å². The van der Waals surface area contributed by atoms with Crippen LogP contribution in [0.1, 0.15) is 37.7 Å². The molecule has 1 aromatic heterocycles. The van der Waals surface area contributed by atoms with E-state index in [4.69, 9.17) is 16.0 Å². The third kappa shape index (κ3) is 2.49. The third-order valence-electron chi connectivity index (χ3n) is 8.49. The SMILES string of the molecule is OC1(c2cc(Cl)ccc2-c2cccc3c2oc2ccccc23)C2CC3CC(C2)CC1C3. The number of para-hydroxylation sites is 2. The van der Waals surface area contributed by atoms with E-state index in [1.807, 2.05) is 24.3 Å². The van der Waals surface area contributed by atoms with Crippen LogP contribution in [0.2, 0.25) is 5.02 Å². The van der Waals surface area contributed by atoms with Crippen molar-refractivity contribution in [3.63, 3.8) is 0 Å². The molecule has 4 aliphatic carbocycles. The topological polar surface area (TPSA) is 33.4 Å². The fourth-order valence-corrected chi connectivity index (χ4v) is 7.56. The Labute approximate surface area is 186 Å². The second kappa shape index (κ2) is 6.37. The van der Waals surface area contributed by atoms with E-state index in [2.05, 4.69) is 36.4 Å². The summed E-state index contributed by atoms with van der Waals surface area (Å²) in [5, 5.41) is 15.3. The van der Waals surface area contributed by atoms with Crippen molar-refractivity contribution in [3.8, 4) is 11.1 Å². The zero-order valence-electron chi connectivity index (χ0n) is 17.4. The molecular formula is C28H25ClO2. The molecule has 4 fully saturated rings. The highest BCUT2D eigenvalue weighted by molar-refractivity contribution is 6.30. The van der Waals surface area contributed by atoms with Gasteiger partial charge in [0.1, 0.15) is 11.2 Å². The van der Waals surface area contributed by atoms with E-state index in [1.54, 1.807) is 0 Å². The quantitative estimate of drug-likeness (QED) is 0.357. The maximum absolute atomic E-state index is 12.3. The fraction of sp³-hybridized carbons (Fsp3) is 0.357. The van der Waals surface area contributed by atoms with E-state index in [1.165, 1.54) is 6.42 Å². The van der Waals surface area contributed by atoms with Crippen LogP contribution in [-0.4, -0.2) is 5.11 Å². The first-order valence-corrected chi connectivity index (χ1v) is 11.9. The van der Waals surface area contributed by atoms with Crippen molar-refractivity contribution in [2.24, 2.45) is 23.7 Å². The summed E-state index contributed by atoms with van der Waals surface area (Å²) in [6, 6.07) is 20.6. The molecule has 0 saturated heterocycles. The van der Waals surface area contributed by atoms with Crippen LogP contribution in [0.15, 0.2) is 65.1 Å². The lowest BCUT2D eigenvalue weighted by Crippen LogP contribution is -2.55. The minimum absolute atomic E-state index is 0.329.